The third-order valence-corrected chi connectivity index (χ3v) is 4.56. The number of carbonyl (C=O) groups is 1. The summed E-state index contributed by atoms with van der Waals surface area (Å²) in [6, 6.07) is 9.17. The van der Waals surface area contributed by atoms with Crippen LogP contribution in [0.25, 0.3) is 0 Å². The van der Waals surface area contributed by atoms with E-state index in [1.807, 2.05) is 12.1 Å². The minimum Gasteiger partial charge on any atom is -0.496 e. The molecule has 1 aliphatic rings. The van der Waals surface area contributed by atoms with Gasteiger partial charge in [-0.25, -0.2) is 0 Å². The second-order valence-electron chi connectivity index (χ2n) is 6.02. The normalized spacial score (nSPS) is 15.8. The number of hydrogen-bond acceptors (Lipinski definition) is 5. The summed E-state index contributed by atoms with van der Waals surface area (Å²) in [5, 5.41) is 3.01. The van der Waals surface area contributed by atoms with E-state index in [4.69, 9.17) is 13.9 Å². The fourth-order valence-corrected chi connectivity index (χ4v) is 3.30. The van der Waals surface area contributed by atoms with Gasteiger partial charge in [-0.1, -0.05) is 6.07 Å². The molecule has 1 aromatic heterocycles. The molecule has 1 amide bonds. The molecule has 1 aromatic carbocycles. The zero-order valence-corrected chi connectivity index (χ0v) is 14.7. The first-order valence-corrected chi connectivity index (χ1v) is 8.51. The second-order valence-corrected chi connectivity index (χ2v) is 6.02. The number of carbonyl (C=O) groups excluding carboxylic acids is 1. The monoisotopic (exact) mass is 344 g/mol. The van der Waals surface area contributed by atoms with Crippen molar-refractivity contribution in [2.75, 3.05) is 33.9 Å². The fourth-order valence-electron chi connectivity index (χ4n) is 3.30. The Morgan fingerprint density at radius 2 is 1.84 bits per heavy atom. The summed E-state index contributed by atoms with van der Waals surface area (Å²) in [5.74, 6) is 1.64. The van der Waals surface area contributed by atoms with E-state index in [1.165, 1.54) is 12.8 Å². The van der Waals surface area contributed by atoms with Crippen LogP contribution in [0.1, 0.15) is 35.0 Å². The molecule has 0 radical (unpaired) electrons. The third-order valence-electron chi connectivity index (χ3n) is 4.56. The highest BCUT2D eigenvalue weighted by molar-refractivity contribution is 5.99. The first-order valence-electron chi connectivity index (χ1n) is 8.51. The van der Waals surface area contributed by atoms with Crippen molar-refractivity contribution in [3.8, 4) is 11.5 Å². The maximum atomic E-state index is 12.8. The van der Waals surface area contributed by atoms with Crippen molar-refractivity contribution >= 4 is 5.91 Å². The summed E-state index contributed by atoms with van der Waals surface area (Å²) in [5.41, 5.74) is 0.409. The average Bonchev–Trinajstić information content (AvgIpc) is 3.35. The molecular weight excluding hydrogens is 320 g/mol. The van der Waals surface area contributed by atoms with E-state index in [2.05, 4.69) is 10.2 Å². The highest BCUT2D eigenvalue weighted by Gasteiger charge is 2.27. The van der Waals surface area contributed by atoms with Gasteiger partial charge in [0.1, 0.15) is 22.8 Å². The number of likely N-dealkylation sites (tertiary alicyclic amines) is 1. The molecule has 0 bridgehead atoms. The van der Waals surface area contributed by atoms with Crippen LogP contribution >= 0.6 is 0 Å². The smallest absolute Gasteiger partial charge is 0.258 e. The lowest BCUT2D eigenvalue weighted by Gasteiger charge is -2.26. The Morgan fingerprint density at radius 3 is 2.40 bits per heavy atom. The highest BCUT2D eigenvalue weighted by atomic mass is 16.5. The van der Waals surface area contributed by atoms with Gasteiger partial charge in [0.05, 0.1) is 26.5 Å². The molecule has 134 valence electrons. The van der Waals surface area contributed by atoms with Gasteiger partial charge < -0.3 is 19.2 Å². The Bertz CT molecular complexity index is 671. The number of methoxy groups -OCH3 is 2. The van der Waals surface area contributed by atoms with Gasteiger partial charge in [0.15, 0.2) is 0 Å². The van der Waals surface area contributed by atoms with Crippen LogP contribution in [0.4, 0.5) is 0 Å². The molecule has 0 saturated carbocycles. The summed E-state index contributed by atoms with van der Waals surface area (Å²) < 4.78 is 16.2. The SMILES string of the molecule is COc1cccc(OC)c1C(=O)NCC(c1ccco1)N1CCCC1. The molecule has 6 heteroatoms. The number of nitrogens with one attached hydrogen (secondary N) is 1. The molecular formula is C19H24N2O4. The Labute approximate surface area is 147 Å². The number of rotatable bonds is 7. The van der Waals surface area contributed by atoms with E-state index in [9.17, 15) is 4.79 Å². The first kappa shape index (κ1) is 17.4. The molecule has 1 atom stereocenters. The van der Waals surface area contributed by atoms with Crippen molar-refractivity contribution in [2.45, 2.75) is 18.9 Å². The molecule has 1 aliphatic heterocycles. The number of furan rings is 1. The Hall–Kier alpha value is -2.47. The fraction of sp³-hybridized carbons (Fsp3) is 0.421. The number of benzene rings is 1. The Morgan fingerprint density at radius 1 is 1.16 bits per heavy atom. The summed E-state index contributed by atoms with van der Waals surface area (Å²) >= 11 is 0. The van der Waals surface area contributed by atoms with Gasteiger partial charge in [-0.3, -0.25) is 9.69 Å². The summed E-state index contributed by atoms with van der Waals surface area (Å²) in [7, 11) is 3.09. The zero-order valence-electron chi connectivity index (χ0n) is 14.7. The van der Waals surface area contributed by atoms with Crippen LogP contribution in [0, 0.1) is 0 Å². The topological polar surface area (TPSA) is 63.9 Å². The maximum absolute atomic E-state index is 12.8. The van der Waals surface area contributed by atoms with E-state index in [0.29, 0.717) is 23.6 Å². The van der Waals surface area contributed by atoms with Crippen LogP contribution in [-0.2, 0) is 0 Å². The minimum atomic E-state index is -0.218. The van der Waals surface area contributed by atoms with Crippen molar-refractivity contribution in [3.63, 3.8) is 0 Å². The van der Waals surface area contributed by atoms with Crippen LogP contribution in [0.2, 0.25) is 0 Å². The summed E-state index contributed by atoms with van der Waals surface area (Å²) in [4.78, 5) is 15.1. The van der Waals surface area contributed by atoms with Crippen LogP contribution in [0.15, 0.2) is 41.0 Å². The van der Waals surface area contributed by atoms with Crippen LogP contribution in [0.3, 0.4) is 0 Å². The van der Waals surface area contributed by atoms with Crippen molar-refractivity contribution < 1.29 is 18.7 Å². The molecule has 1 fully saturated rings. The standard InChI is InChI=1S/C19H24N2O4/c1-23-16-7-5-8-17(24-2)18(16)19(22)20-13-14(15-9-6-12-25-15)21-10-3-4-11-21/h5-9,12,14H,3-4,10-11,13H2,1-2H3,(H,20,22). The van der Waals surface area contributed by atoms with Crippen LogP contribution in [-0.4, -0.2) is 44.7 Å². The lowest BCUT2D eigenvalue weighted by Crippen LogP contribution is -2.36. The lowest BCUT2D eigenvalue weighted by atomic mass is 10.1. The van der Waals surface area contributed by atoms with Crippen molar-refractivity contribution in [1.29, 1.82) is 0 Å². The molecule has 1 N–H and O–H groups in total. The lowest BCUT2D eigenvalue weighted by molar-refractivity contribution is 0.0927. The van der Waals surface area contributed by atoms with E-state index in [1.54, 1.807) is 38.7 Å². The van der Waals surface area contributed by atoms with E-state index in [0.717, 1.165) is 18.8 Å². The molecule has 6 nitrogen and oxygen atoms in total. The van der Waals surface area contributed by atoms with E-state index in [-0.39, 0.29) is 11.9 Å². The van der Waals surface area contributed by atoms with Gasteiger partial charge in [-0.05, 0) is 50.2 Å². The number of nitrogens with zero attached hydrogens (tertiary/aromatic N) is 1. The number of hydrogen-bond donors (Lipinski definition) is 1. The summed E-state index contributed by atoms with van der Waals surface area (Å²) in [6.45, 7) is 2.49. The predicted molar refractivity (Wildman–Crippen MR) is 94.1 cm³/mol. The van der Waals surface area contributed by atoms with E-state index < -0.39 is 0 Å². The molecule has 0 spiro atoms. The van der Waals surface area contributed by atoms with Crippen molar-refractivity contribution in [2.24, 2.45) is 0 Å². The number of amides is 1. The van der Waals surface area contributed by atoms with Gasteiger partial charge >= 0.3 is 0 Å². The molecule has 2 heterocycles. The summed E-state index contributed by atoms with van der Waals surface area (Å²) in [6.07, 6.45) is 4.01. The highest BCUT2D eigenvalue weighted by Crippen LogP contribution is 2.29. The Balaban J connectivity index is 1.76. The molecule has 1 unspecified atom stereocenters. The van der Waals surface area contributed by atoms with Gasteiger partial charge in [0.2, 0.25) is 0 Å². The third kappa shape index (κ3) is 3.79. The van der Waals surface area contributed by atoms with Gasteiger partial charge in [-0.15, -0.1) is 0 Å². The van der Waals surface area contributed by atoms with Gasteiger partial charge in [0, 0.05) is 6.54 Å². The maximum Gasteiger partial charge on any atom is 0.258 e. The largest absolute Gasteiger partial charge is 0.496 e. The van der Waals surface area contributed by atoms with Gasteiger partial charge in [-0.2, -0.15) is 0 Å². The van der Waals surface area contributed by atoms with Crippen molar-refractivity contribution in [3.05, 3.63) is 47.9 Å². The first-order chi connectivity index (χ1) is 12.2. The van der Waals surface area contributed by atoms with Crippen LogP contribution < -0.4 is 14.8 Å². The van der Waals surface area contributed by atoms with Gasteiger partial charge in [0.25, 0.3) is 5.91 Å². The number of ether oxygens (including phenoxy) is 2. The average molecular weight is 344 g/mol. The molecule has 3 rings (SSSR count). The van der Waals surface area contributed by atoms with Crippen LogP contribution in [0.5, 0.6) is 11.5 Å². The quantitative estimate of drug-likeness (QED) is 0.837. The van der Waals surface area contributed by atoms with Crippen molar-refractivity contribution in [1.82, 2.24) is 10.2 Å². The van der Waals surface area contributed by atoms with E-state index >= 15 is 0 Å². The molecule has 0 aliphatic carbocycles. The Kier molecular flexibility index (Phi) is 5.60. The molecule has 2 aromatic rings. The minimum absolute atomic E-state index is 0.0298. The predicted octanol–water partition coefficient (Wildman–Crippen LogP) is 2.86. The molecule has 25 heavy (non-hydrogen) atoms. The second kappa shape index (κ2) is 8.07. The molecule has 1 saturated heterocycles. The zero-order chi connectivity index (χ0) is 17.6.